The molecule has 1 aliphatic heterocycles. The second-order valence-corrected chi connectivity index (χ2v) is 9.26. The number of benzene rings is 2. The fraction of sp³-hybridized carbons (Fsp3) is 0.333. The Kier molecular flexibility index (Phi) is 3.85. The monoisotopic (exact) mass is 353 g/mol. The second-order valence-electron chi connectivity index (χ2n) is 7.32. The van der Waals surface area contributed by atoms with Gasteiger partial charge in [-0.2, -0.15) is 4.31 Å². The SMILES string of the molecule is C=C[C@@H]1CN(S(=O)(=O)c2ccc(C)cc2)CC2(CC2)c2ccccc21. The number of sulfonamides is 1. The van der Waals surface area contributed by atoms with Crippen LogP contribution in [0.2, 0.25) is 0 Å². The Morgan fingerprint density at radius 1 is 1.12 bits per heavy atom. The van der Waals surface area contributed by atoms with Crippen molar-refractivity contribution in [3.63, 3.8) is 0 Å². The van der Waals surface area contributed by atoms with Crippen LogP contribution in [-0.2, 0) is 15.4 Å². The topological polar surface area (TPSA) is 37.4 Å². The first-order valence-electron chi connectivity index (χ1n) is 8.75. The van der Waals surface area contributed by atoms with Crippen LogP contribution in [0.15, 0.2) is 66.1 Å². The van der Waals surface area contributed by atoms with Gasteiger partial charge in [0.1, 0.15) is 0 Å². The van der Waals surface area contributed by atoms with Gasteiger partial charge < -0.3 is 0 Å². The maximum atomic E-state index is 13.3. The lowest BCUT2D eigenvalue weighted by Crippen LogP contribution is -2.37. The molecule has 1 spiro atoms. The van der Waals surface area contributed by atoms with Gasteiger partial charge in [0.05, 0.1) is 4.90 Å². The third-order valence-corrected chi connectivity index (χ3v) is 7.43. The minimum absolute atomic E-state index is 0.0217. The van der Waals surface area contributed by atoms with Gasteiger partial charge in [0.25, 0.3) is 0 Å². The number of fused-ring (bicyclic) bond motifs is 2. The first-order chi connectivity index (χ1) is 12.0. The number of rotatable bonds is 3. The van der Waals surface area contributed by atoms with Gasteiger partial charge in [-0.05, 0) is 43.0 Å². The van der Waals surface area contributed by atoms with Crippen LogP contribution in [0.3, 0.4) is 0 Å². The molecule has 0 radical (unpaired) electrons. The first-order valence-corrected chi connectivity index (χ1v) is 10.2. The van der Waals surface area contributed by atoms with Crippen LogP contribution in [0.5, 0.6) is 0 Å². The van der Waals surface area contributed by atoms with Gasteiger partial charge in [-0.15, -0.1) is 6.58 Å². The maximum absolute atomic E-state index is 13.3. The Morgan fingerprint density at radius 3 is 2.44 bits per heavy atom. The highest BCUT2D eigenvalue weighted by molar-refractivity contribution is 7.89. The lowest BCUT2D eigenvalue weighted by atomic mass is 9.87. The fourth-order valence-electron chi connectivity index (χ4n) is 3.93. The van der Waals surface area contributed by atoms with E-state index < -0.39 is 10.0 Å². The van der Waals surface area contributed by atoms with Crippen molar-refractivity contribution in [3.05, 3.63) is 77.9 Å². The Hall–Kier alpha value is -1.91. The molecule has 4 rings (SSSR count). The highest BCUT2D eigenvalue weighted by Gasteiger charge is 2.50. The Labute approximate surface area is 150 Å². The van der Waals surface area contributed by atoms with Gasteiger partial charge in [0, 0.05) is 24.4 Å². The third-order valence-electron chi connectivity index (χ3n) is 5.61. The second kappa shape index (κ2) is 5.82. The van der Waals surface area contributed by atoms with Gasteiger partial charge in [0.2, 0.25) is 10.0 Å². The summed E-state index contributed by atoms with van der Waals surface area (Å²) < 4.78 is 28.2. The van der Waals surface area contributed by atoms with E-state index in [1.54, 1.807) is 16.4 Å². The number of hydrogen-bond acceptors (Lipinski definition) is 2. The summed E-state index contributed by atoms with van der Waals surface area (Å²) in [5, 5.41) is 0. The van der Waals surface area contributed by atoms with Crippen LogP contribution in [-0.4, -0.2) is 25.8 Å². The molecule has 3 nitrogen and oxygen atoms in total. The molecule has 4 heteroatoms. The van der Waals surface area contributed by atoms with Crippen molar-refractivity contribution in [2.24, 2.45) is 0 Å². The van der Waals surface area contributed by atoms with Crippen LogP contribution in [0.4, 0.5) is 0 Å². The summed E-state index contributed by atoms with van der Waals surface area (Å²) in [6.07, 6.45) is 3.99. The molecule has 0 bridgehead atoms. The molecule has 2 aromatic rings. The van der Waals surface area contributed by atoms with Crippen LogP contribution in [0.25, 0.3) is 0 Å². The van der Waals surface area contributed by atoms with Crippen molar-refractivity contribution in [3.8, 4) is 0 Å². The van der Waals surface area contributed by atoms with E-state index in [0.717, 1.165) is 18.4 Å². The van der Waals surface area contributed by atoms with Crippen LogP contribution < -0.4 is 0 Å². The van der Waals surface area contributed by atoms with Crippen molar-refractivity contribution in [2.75, 3.05) is 13.1 Å². The maximum Gasteiger partial charge on any atom is 0.243 e. The zero-order valence-corrected chi connectivity index (χ0v) is 15.3. The molecule has 0 saturated heterocycles. The van der Waals surface area contributed by atoms with Crippen molar-refractivity contribution in [1.29, 1.82) is 0 Å². The molecule has 2 aromatic carbocycles. The Balaban J connectivity index is 1.78. The van der Waals surface area contributed by atoms with E-state index in [-0.39, 0.29) is 11.3 Å². The molecule has 2 aliphatic rings. The van der Waals surface area contributed by atoms with E-state index >= 15 is 0 Å². The van der Waals surface area contributed by atoms with Crippen molar-refractivity contribution in [1.82, 2.24) is 4.31 Å². The van der Waals surface area contributed by atoms with Crippen LogP contribution in [0.1, 0.15) is 35.4 Å². The Bertz CT molecular complexity index is 911. The molecule has 1 saturated carbocycles. The molecule has 0 amide bonds. The van der Waals surface area contributed by atoms with E-state index in [1.807, 2.05) is 31.2 Å². The summed E-state index contributed by atoms with van der Waals surface area (Å²) in [5.41, 5.74) is 3.58. The fourth-order valence-corrected chi connectivity index (χ4v) is 5.48. The molecule has 0 N–H and O–H groups in total. The predicted octanol–water partition coefficient (Wildman–Crippen LogP) is 4.00. The third kappa shape index (κ3) is 2.74. The molecule has 130 valence electrons. The molecular weight excluding hydrogens is 330 g/mol. The summed E-state index contributed by atoms with van der Waals surface area (Å²) in [6.45, 7) is 6.95. The zero-order chi connectivity index (χ0) is 17.7. The highest BCUT2D eigenvalue weighted by Crippen LogP contribution is 2.53. The summed E-state index contributed by atoms with van der Waals surface area (Å²) in [5.74, 6) is 0.0244. The summed E-state index contributed by atoms with van der Waals surface area (Å²) in [6, 6.07) is 15.5. The molecule has 1 aliphatic carbocycles. The molecule has 1 atom stereocenters. The van der Waals surface area contributed by atoms with Gasteiger partial charge in [-0.25, -0.2) is 8.42 Å². The average molecular weight is 353 g/mol. The van der Waals surface area contributed by atoms with Gasteiger partial charge in [-0.3, -0.25) is 0 Å². The average Bonchev–Trinajstić information content (AvgIpc) is 3.41. The molecule has 0 unspecified atom stereocenters. The Morgan fingerprint density at radius 2 is 1.80 bits per heavy atom. The quantitative estimate of drug-likeness (QED) is 0.782. The minimum atomic E-state index is -3.51. The molecule has 1 heterocycles. The normalized spacial score (nSPS) is 22.2. The zero-order valence-electron chi connectivity index (χ0n) is 14.5. The number of nitrogens with zero attached hydrogens (tertiary/aromatic N) is 1. The highest BCUT2D eigenvalue weighted by atomic mass is 32.2. The number of aryl methyl sites for hydroxylation is 1. The van der Waals surface area contributed by atoms with E-state index in [9.17, 15) is 8.42 Å². The summed E-state index contributed by atoms with van der Waals surface area (Å²) >= 11 is 0. The first kappa shape index (κ1) is 16.6. The van der Waals surface area contributed by atoms with Gasteiger partial charge in [-0.1, -0.05) is 48.0 Å². The van der Waals surface area contributed by atoms with Crippen molar-refractivity contribution in [2.45, 2.75) is 36.0 Å². The van der Waals surface area contributed by atoms with Crippen LogP contribution >= 0.6 is 0 Å². The molecule has 0 aromatic heterocycles. The van der Waals surface area contributed by atoms with Crippen molar-refractivity contribution >= 4 is 10.0 Å². The van der Waals surface area contributed by atoms with E-state index in [2.05, 4.69) is 24.8 Å². The molecular formula is C21H23NO2S. The van der Waals surface area contributed by atoms with E-state index in [0.29, 0.717) is 18.0 Å². The van der Waals surface area contributed by atoms with Crippen LogP contribution in [0, 0.1) is 6.92 Å². The van der Waals surface area contributed by atoms with Crippen molar-refractivity contribution < 1.29 is 8.42 Å². The standard InChI is InChI=1S/C21H23NO2S/c1-3-17-14-22(25(23,24)18-10-8-16(2)9-11-18)15-21(12-13-21)20-7-5-4-6-19(17)20/h3-11,17H,1,12-15H2,2H3/t17-/m1/s1. The predicted molar refractivity (Wildman–Crippen MR) is 100 cm³/mol. The minimum Gasteiger partial charge on any atom is -0.207 e. The van der Waals surface area contributed by atoms with E-state index in [4.69, 9.17) is 0 Å². The lowest BCUT2D eigenvalue weighted by Gasteiger charge is -2.25. The number of hydrogen-bond donors (Lipinski definition) is 0. The van der Waals surface area contributed by atoms with E-state index in [1.165, 1.54) is 11.1 Å². The van der Waals surface area contributed by atoms with Gasteiger partial charge in [0.15, 0.2) is 0 Å². The lowest BCUT2D eigenvalue weighted by molar-refractivity contribution is 0.382. The summed E-state index contributed by atoms with van der Waals surface area (Å²) in [4.78, 5) is 0.377. The summed E-state index contributed by atoms with van der Waals surface area (Å²) in [7, 11) is -3.51. The smallest absolute Gasteiger partial charge is 0.207 e. The largest absolute Gasteiger partial charge is 0.243 e. The molecule has 1 fully saturated rings. The molecule has 25 heavy (non-hydrogen) atoms. The van der Waals surface area contributed by atoms with Gasteiger partial charge >= 0.3 is 0 Å².